The molecule has 3 N–H and O–H groups in total. The van der Waals surface area contributed by atoms with Gasteiger partial charge in [0.15, 0.2) is 6.29 Å². The molecule has 5 rings (SSSR count). The minimum atomic E-state index is -3.95. The molecule has 9 nitrogen and oxygen atoms in total. The Morgan fingerprint density at radius 3 is 1.89 bits per heavy atom. The van der Waals surface area contributed by atoms with Crippen molar-refractivity contribution in [1.29, 1.82) is 0 Å². The maximum absolute atomic E-state index is 13.7. The summed E-state index contributed by atoms with van der Waals surface area (Å²) in [5.74, 6) is -0.410. The second kappa shape index (κ2) is 25.9. The normalized spacial score (nSPS) is 17.4. The average molecular weight is 854 g/mol. The SMILES string of the molecule is CCCCCCCCN(CCCCCCCC)C[C@@H]1C[C@H](c2ccc(CO)cc2)O[C@H](c2ccc(CNC(=O)[C@@H](Cc3ccccc3)NS(=O)(=O)c3ccc(C)cc3)cc2)O1. The van der Waals surface area contributed by atoms with Crippen LogP contribution in [0.5, 0.6) is 0 Å². The summed E-state index contributed by atoms with van der Waals surface area (Å²) >= 11 is 0. The van der Waals surface area contributed by atoms with Crippen LogP contribution in [0.25, 0.3) is 0 Å². The molecule has 1 heterocycles. The molecule has 0 aliphatic carbocycles. The van der Waals surface area contributed by atoms with E-state index in [1.54, 1.807) is 24.3 Å². The maximum Gasteiger partial charge on any atom is 0.241 e. The van der Waals surface area contributed by atoms with Crippen LogP contribution in [0, 0.1) is 6.92 Å². The second-order valence-corrected chi connectivity index (χ2v) is 18.5. The highest BCUT2D eigenvalue weighted by atomic mass is 32.2. The van der Waals surface area contributed by atoms with Gasteiger partial charge in [-0.3, -0.25) is 4.79 Å². The summed E-state index contributed by atoms with van der Waals surface area (Å²) in [4.78, 5) is 16.4. The lowest BCUT2D eigenvalue weighted by Crippen LogP contribution is -2.47. The zero-order valence-electron chi connectivity index (χ0n) is 36.9. The summed E-state index contributed by atoms with van der Waals surface area (Å²) in [6.07, 6.45) is 15.4. The van der Waals surface area contributed by atoms with Gasteiger partial charge in [-0.15, -0.1) is 0 Å². The average Bonchev–Trinajstić information content (AvgIpc) is 3.28. The highest BCUT2D eigenvalue weighted by Gasteiger charge is 2.33. The number of aliphatic hydroxyl groups excluding tert-OH is 1. The van der Waals surface area contributed by atoms with Gasteiger partial charge in [-0.05, 0) is 73.7 Å². The number of rotatable bonds is 27. The fourth-order valence-electron chi connectivity index (χ4n) is 7.96. The lowest BCUT2D eigenvalue weighted by atomic mass is 9.99. The van der Waals surface area contributed by atoms with Crippen LogP contribution in [-0.2, 0) is 43.9 Å². The Labute approximate surface area is 366 Å². The van der Waals surface area contributed by atoms with Crippen LogP contribution in [0.2, 0.25) is 0 Å². The molecule has 0 spiro atoms. The molecule has 4 atom stereocenters. The molecule has 61 heavy (non-hydrogen) atoms. The van der Waals surface area contributed by atoms with Gasteiger partial charge in [0.25, 0.3) is 0 Å². The third kappa shape index (κ3) is 16.4. The Bertz CT molecular complexity index is 1930. The lowest BCUT2D eigenvalue weighted by molar-refractivity contribution is -0.253. The van der Waals surface area contributed by atoms with Crippen LogP contribution in [0.3, 0.4) is 0 Å². The molecular formula is C51H71N3O6S. The van der Waals surface area contributed by atoms with E-state index in [1.165, 1.54) is 77.0 Å². The number of unbranched alkanes of at least 4 members (excludes halogenated alkanes) is 10. The third-order valence-electron chi connectivity index (χ3n) is 11.7. The molecule has 0 radical (unpaired) electrons. The van der Waals surface area contributed by atoms with Crippen molar-refractivity contribution < 1.29 is 27.8 Å². The van der Waals surface area contributed by atoms with Crippen molar-refractivity contribution in [3.05, 3.63) is 137 Å². The highest BCUT2D eigenvalue weighted by molar-refractivity contribution is 7.89. The van der Waals surface area contributed by atoms with Crippen LogP contribution in [0.4, 0.5) is 0 Å². The summed E-state index contributed by atoms with van der Waals surface area (Å²) in [7, 11) is -3.95. The van der Waals surface area contributed by atoms with Gasteiger partial charge in [0.05, 0.1) is 23.7 Å². The number of nitrogens with zero attached hydrogens (tertiary/aromatic N) is 1. The molecule has 332 valence electrons. The summed E-state index contributed by atoms with van der Waals surface area (Å²) in [6, 6.07) is 30.9. The fraction of sp³-hybridized carbons (Fsp3) is 0.510. The van der Waals surface area contributed by atoms with Gasteiger partial charge >= 0.3 is 0 Å². The predicted molar refractivity (Wildman–Crippen MR) is 245 cm³/mol. The first-order valence-corrected chi connectivity index (χ1v) is 24.4. The van der Waals surface area contributed by atoms with Crippen LogP contribution in [-0.4, -0.2) is 56.1 Å². The Balaban J connectivity index is 1.26. The number of hydrogen-bond acceptors (Lipinski definition) is 7. The van der Waals surface area contributed by atoms with Gasteiger partial charge in [0.1, 0.15) is 6.04 Å². The fourth-order valence-corrected chi connectivity index (χ4v) is 9.16. The number of ether oxygens (including phenoxy) is 2. The van der Waals surface area contributed by atoms with E-state index in [1.807, 2.05) is 73.7 Å². The Morgan fingerprint density at radius 2 is 1.28 bits per heavy atom. The largest absolute Gasteiger partial charge is 0.392 e. The van der Waals surface area contributed by atoms with Gasteiger partial charge in [0.2, 0.25) is 15.9 Å². The topological polar surface area (TPSA) is 117 Å². The molecule has 0 aromatic heterocycles. The van der Waals surface area contributed by atoms with Crippen molar-refractivity contribution in [2.75, 3.05) is 19.6 Å². The van der Waals surface area contributed by atoms with Crippen molar-refractivity contribution in [2.24, 2.45) is 0 Å². The monoisotopic (exact) mass is 854 g/mol. The van der Waals surface area contributed by atoms with Crippen molar-refractivity contribution in [2.45, 2.75) is 153 Å². The first kappa shape index (κ1) is 48.1. The predicted octanol–water partition coefficient (Wildman–Crippen LogP) is 10.3. The highest BCUT2D eigenvalue weighted by Crippen LogP contribution is 2.38. The van der Waals surface area contributed by atoms with Crippen LogP contribution >= 0.6 is 0 Å². The molecule has 4 aromatic carbocycles. The standard InChI is InChI=1S/C51H71N3O6S/c1-4-6-8-10-12-17-33-54(34-18-13-11-9-7-5-2)38-46-36-49(44-27-25-43(39-55)26-28-44)60-51(59-46)45-29-23-42(24-30-45)37-52-50(56)48(35-41-19-15-14-16-20-41)53-61(57,58)47-31-21-40(3)22-32-47/h14-16,19-32,46,48-49,51,53,55H,4-13,17-18,33-39H2,1-3H3,(H,52,56)/t46-,48+,49+,51+/m0/s1. The van der Waals surface area contributed by atoms with E-state index in [0.29, 0.717) is 0 Å². The van der Waals surface area contributed by atoms with Crippen molar-refractivity contribution in [3.8, 4) is 0 Å². The number of carbonyl (C=O) groups excluding carboxylic acids is 1. The van der Waals surface area contributed by atoms with Crippen LogP contribution in [0.15, 0.2) is 108 Å². The summed E-state index contributed by atoms with van der Waals surface area (Å²) in [5.41, 5.74) is 5.48. The third-order valence-corrected chi connectivity index (χ3v) is 13.2. The lowest BCUT2D eigenvalue weighted by Gasteiger charge is -2.38. The smallest absolute Gasteiger partial charge is 0.241 e. The summed E-state index contributed by atoms with van der Waals surface area (Å²) < 4.78 is 42.9. The first-order valence-electron chi connectivity index (χ1n) is 22.9. The summed E-state index contributed by atoms with van der Waals surface area (Å²) in [5, 5.41) is 12.7. The quantitative estimate of drug-likeness (QED) is 0.0512. The van der Waals surface area contributed by atoms with Crippen molar-refractivity contribution >= 4 is 15.9 Å². The number of aryl methyl sites for hydroxylation is 1. The molecule has 0 bridgehead atoms. The molecular weight excluding hydrogens is 783 g/mol. The molecule has 1 saturated heterocycles. The molecule has 0 saturated carbocycles. The number of carbonyl (C=O) groups is 1. The first-order chi connectivity index (χ1) is 29.7. The number of hydrogen-bond donors (Lipinski definition) is 3. The van der Waals surface area contributed by atoms with Crippen molar-refractivity contribution in [3.63, 3.8) is 0 Å². The molecule has 1 aliphatic rings. The molecule has 1 amide bonds. The Morgan fingerprint density at radius 1 is 0.705 bits per heavy atom. The minimum Gasteiger partial charge on any atom is -0.392 e. The zero-order chi connectivity index (χ0) is 43.3. The van der Waals surface area contributed by atoms with E-state index in [2.05, 4.69) is 40.9 Å². The van der Waals surface area contributed by atoms with E-state index in [-0.39, 0.29) is 36.7 Å². The van der Waals surface area contributed by atoms with Gasteiger partial charge in [0, 0.05) is 25.1 Å². The van der Waals surface area contributed by atoms with E-state index in [9.17, 15) is 18.3 Å². The van der Waals surface area contributed by atoms with E-state index in [4.69, 9.17) is 9.47 Å². The van der Waals surface area contributed by atoms with E-state index >= 15 is 0 Å². The van der Waals surface area contributed by atoms with Crippen LogP contribution < -0.4 is 10.0 Å². The van der Waals surface area contributed by atoms with Gasteiger partial charge in [-0.1, -0.05) is 175 Å². The van der Waals surface area contributed by atoms with Crippen LogP contribution in [0.1, 0.15) is 143 Å². The molecule has 10 heteroatoms. The number of amides is 1. The minimum absolute atomic E-state index is 0.00442. The second-order valence-electron chi connectivity index (χ2n) is 16.8. The van der Waals surface area contributed by atoms with Gasteiger partial charge in [-0.2, -0.15) is 4.72 Å². The van der Waals surface area contributed by atoms with E-state index in [0.717, 1.165) is 59.4 Å². The Kier molecular flexibility index (Phi) is 20.4. The van der Waals surface area contributed by atoms with Gasteiger partial charge < -0.3 is 24.8 Å². The number of sulfonamides is 1. The molecule has 0 unspecified atom stereocenters. The summed E-state index contributed by atoms with van der Waals surface area (Å²) in [6.45, 7) is 9.63. The number of aliphatic hydroxyl groups is 1. The van der Waals surface area contributed by atoms with Crippen molar-refractivity contribution in [1.82, 2.24) is 14.9 Å². The molecule has 4 aromatic rings. The number of benzene rings is 4. The van der Waals surface area contributed by atoms with Gasteiger partial charge in [-0.25, -0.2) is 8.42 Å². The molecule has 1 aliphatic heterocycles. The zero-order valence-corrected chi connectivity index (χ0v) is 37.7. The van der Waals surface area contributed by atoms with E-state index < -0.39 is 28.3 Å². The maximum atomic E-state index is 13.7. The number of nitrogens with one attached hydrogen (secondary N) is 2. The Hall–Kier alpha value is -3.90. The molecule has 1 fully saturated rings.